The van der Waals surface area contributed by atoms with Gasteiger partial charge in [0.2, 0.25) is 5.88 Å². The Morgan fingerprint density at radius 3 is 2.88 bits per heavy atom. The minimum atomic E-state index is 0.692. The SMILES string of the molecule is Cc1cccnc1OCC1CCN(C)CC1. The number of nitrogens with zero attached hydrogens (tertiary/aromatic N) is 2. The van der Waals surface area contributed by atoms with Crippen molar-refractivity contribution in [3.05, 3.63) is 23.9 Å². The van der Waals surface area contributed by atoms with Crippen LogP contribution in [-0.2, 0) is 0 Å². The van der Waals surface area contributed by atoms with Gasteiger partial charge in [0.05, 0.1) is 6.61 Å². The first-order chi connectivity index (χ1) is 7.75. The average molecular weight is 220 g/mol. The molecule has 1 aromatic rings. The van der Waals surface area contributed by atoms with Crippen LogP contribution < -0.4 is 4.74 Å². The summed E-state index contributed by atoms with van der Waals surface area (Å²) in [5.74, 6) is 1.49. The Morgan fingerprint density at radius 2 is 2.19 bits per heavy atom. The summed E-state index contributed by atoms with van der Waals surface area (Å²) >= 11 is 0. The topological polar surface area (TPSA) is 25.4 Å². The quantitative estimate of drug-likeness (QED) is 0.780. The number of likely N-dealkylation sites (tertiary alicyclic amines) is 1. The third-order valence-corrected chi connectivity index (χ3v) is 3.26. The Bertz CT molecular complexity index is 332. The zero-order valence-electron chi connectivity index (χ0n) is 10.1. The molecule has 0 amide bonds. The van der Waals surface area contributed by atoms with Crippen molar-refractivity contribution in [3.63, 3.8) is 0 Å². The van der Waals surface area contributed by atoms with E-state index in [1.54, 1.807) is 6.20 Å². The van der Waals surface area contributed by atoms with Crippen LogP contribution in [0, 0.1) is 12.8 Å². The first-order valence-corrected chi connectivity index (χ1v) is 5.98. The molecular formula is C13H20N2O. The van der Waals surface area contributed by atoms with Gasteiger partial charge in [-0.3, -0.25) is 0 Å². The zero-order chi connectivity index (χ0) is 11.4. The van der Waals surface area contributed by atoms with Crippen molar-refractivity contribution in [2.75, 3.05) is 26.7 Å². The summed E-state index contributed by atoms with van der Waals surface area (Å²) in [5.41, 5.74) is 1.12. The predicted molar refractivity (Wildman–Crippen MR) is 64.7 cm³/mol. The van der Waals surface area contributed by atoms with Gasteiger partial charge in [-0.1, -0.05) is 6.07 Å². The molecule has 0 N–H and O–H groups in total. The maximum absolute atomic E-state index is 5.78. The number of aromatic nitrogens is 1. The minimum Gasteiger partial charge on any atom is -0.477 e. The maximum Gasteiger partial charge on any atom is 0.216 e. The second kappa shape index (κ2) is 5.30. The molecule has 0 unspecified atom stereocenters. The largest absolute Gasteiger partial charge is 0.477 e. The summed E-state index contributed by atoms with van der Waals surface area (Å²) < 4.78 is 5.78. The Hall–Kier alpha value is -1.09. The van der Waals surface area contributed by atoms with Crippen LogP contribution in [0.1, 0.15) is 18.4 Å². The van der Waals surface area contributed by atoms with E-state index in [1.807, 2.05) is 19.1 Å². The van der Waals surface area contributed by atoms with Gasteiger partial charge in [-0.25, -0.2) is 4.98 Å². The third kappa shape index (κ3) is 2.95. The molecule has 3 nitrogen and oxygen atoms in total. The van der Waals surface area contributed by atoms with Crippen LogP contribution >= 0.6 is 0 Å². The van der Waals surface area contributed by atoms with Crippen molar-refractivity contribution >= 4 is 0 Å². The molecule has 0 radical (unpaired) electrons. The van der Waals surface area contributed by atoms with E-state index in [0.717, 1.165) is 18.1 Å². The molecule has 0 spiro atoms. The van der Waals surface area contributed by atoms with Crippen LogP contribution in [-0.4, -0.2) is 36.6 Å². The Kier molecular flexibility index (Phi) is 3.78. The van der Waals surface area contributed by atoms with Crippen molar-refractivity contribution in [2.24, 2.45) is 5.92 Å². The molecule has 3 heteroatoms. The van der Waals surface area contributed by atoms with Crippen LogP contribution in [0.4, 0.5) is 0 Å². The maximum atomic E-state index is 5.78. The van der Waals surface area contributed by atoms with Gasteiger partial charge in [0.1, 0.15) is 0 Å². The lowest BCUT2D eigenvalue weighted by Crippen LogP contribution is -2.32. The number of piperidine rings is 1. The van der Waals surface area contributed by atoms with Crippen molar-refractivity contribution in [2.45, 2.75) is 19.8 Å². The zero-order valence-corrected chi connectivity index (χ0v) is 10.1. The van der Waals surface area contributed by atoms with Gasteiger partial charge in [0.25, 0.3) is 0 Å². The monoisotopic (exact) mass is 220 g/mol. The second-order valence-electron chi connectivity index (χ2n) is 4.68. The number of hydrogen-bond donors (Lipinski definition) is 0. The molecule has 0 bridgehead atoms. The number of ether oxygens (including phenoxy) is 1. The van der Waals surface area contributed by atoms with E-state index in [9.17, 15) is 0 Å². The molecular weight excluding hydrogens is 200 g/mol. The van der Waals surface area contributed by atoms with Crippen LogP contribution in [0.5, 0.6) is 5.88 Å². The molecule has 0 aromatic carbocycles. The van der Waals surface area contributed by atoms with Crippen LogP contribution in [0.15, 0.2) is 18.3 Å². The second-order valence-corrected chi connectivity index (χ2v) is 4.68. The number of pyridine rings is 1. The van der Waals surface area contributed by atoms with Gasteiger partial charge >= 0.3 is 0 Å². The Labute approximate surface area is 97.4 Å². The molecule has 16 heavy (non-hydrogen) atoms. The fourth-order valence-corrected chi connectivity index (χ4v) is 2.05. The number of hydrogen-bond acceptors (Lipinski definition) is 3. The molecule has 0 atom stereocenters. The Balaban J connectivity index is 1.81. The van der Waals surface area contributed by atoms with E-state index in [0.29, 0.717) is 5.92 Å². The molecule has 88 valence electrons. The fourth-order valence-electron chi connectivity index (χ4n) is 2.05. The Morgan fingerprint density at radius 1 is 1.44 bits per heavy atom. The molecule has 1 saturated heterocycles. The minimum absolute atomic E-state index is 0.692. The lowest BCUT2D eigenvalue weighted by atomic mass is 9.98. The van der Waals surface area contributed by atoms with Gasteiger partial charge in [0.15, 0.2) is 0 Å². The van der Waals surface area contributed by atoms with E-state index in [4.69, 9.17) is 4.74 Å². The van der Waals surface area contributed by atoms with Gasteiger partial charge in [-0.2, -0.15) is 0 Å². The highest BCUT2D eigenvalue weighted by Gasteiger charge is 2.17. The van der Waals surface area contributed by atoms with Crippen molar-refractivity contribution < 1.29 is 4.74 Å². The first kappa shape index (κ1) is 11.4. The van der Waals surface area contributed by atoms with Gasteiger partial charge in [-0.05, 0) is 51.9 Å². The summed E-state index contributed by atoms with van der Waals surface area (Å²) in [6.45, 7) is 5.23. The molecule has 0 saturated carbocycles. The highest BCUT2D eigenvalue weighted by molar-refractivity contribution is 5.23. The number of rotatable bonds is 3. The molecule has 1 aliphatic heterocycles. The van der Waals surface area contributed by atoms with E-state index < -0.39 is 0 Å². The van der Waals surface area contributed by atoms with E-state index in [1.165, 1.54) is 25.9 Å². The average Bonchev–Trinajstić information content (AvgIpc) is 2.30. The molecule has 1 aliphatic rings. The molecule has 1 fully saturated rings. The standard InChI is InChI=1S/C13H20N2O/c1-11-4-3-7-14-13(11)16-10-12-5-8-15(2)9-6-12/h3-4,7,12H,5-6,8-10H2,1-2H3. The third-order valence-electron chi connectivity index (χ3n) is 3.26. The summed E-state index contributed by atoms with van der Waals surface area (Å²) in [6, 6.07) is 3.98. The van der Waals surface area contributed by atoms with E-state index in [-0.39, 0.29) is 0 Å². The smallest absolute Gasteiger partial charge is 0.216 e. The van der Waals surface area contributed by atoms with Crippen molar-refractivity contribution in [1.82, 2.24) is 9.88 Å². The van der Waals surface area contributed by atoms with Gasteiger partial charge in [-0.15, -0.1) is 0 Å². The normalized spacial score (nSPS) is 18.6. The summed E-state index contributed by atoms with van der Waals surface area (Å²) in [7, 11) is 2.18. The van der Waals surface area contributed by atoms with E-state index >= 15 is 0 Å². The van der Waals surface area contributed by atoms with Crippen LogP contribution in [0.25, 0.3) is 0 Å². The lowest BCUT2D eigenvalue weighted by Gasteiger charge is -2.28. The van der Waals surface area contributed by atoms with Crippen LogP contribution in [0.3, 0.4) is 0 Å². The molecule has 2 rings (SSSR count). The van der Waals surface area contributed by atoms with Crippen LogP contribution in [0.2, 0.25) is 0 Å². The highest BCUT2D eigenvalue weighted by atomic mass is 16.5. The lowest BCUT2D eigenvalue weighted by molar-refractivity contribution is 0.156. The summed E-state index contributed by atoms with van der Waals surface area (Å²) in [5, 5.41) is 0. The van der Waals surface area contributed by atoms with Crippen molar-refractivity contribution in [3.8, 4) is 5.88 Å². The van der Waals surface area contributed by atoms with E-state index in [2.05, 4.69) is 16.9 Å². The van der Waals surface area contributed by atoms with Crippen molar-refractivity contribution in [1.29, 1.82) is 0 Å². The predicted octanol–water partition coefficient (Wildman–Crippen LogP) is 2.11. The first-order valence-electron chi connectivity index (χ1n) is 5.98. The summed E-state index contributed by atoms with van der Waals surface area (Å²) in [4.78, 5) is 6.62. The highest BCUT2D eigenvalue weighted by Crippen LogP contribution is 2.19. The molecule has 0 aliphatic carbocycles. The number of aryl methyl sites for hydroxylation is 1. The fraction of sp³-hybridized carbons (Fsp3) is 0.615. The van der Waals surface area contributed by atoms with Gasteiger partial charge in [0, 0.05) is 11.8 Å². The van der Waals surface area contributed by atoms with Gasteiger partial charge < -0.3 is 9.64 Å². The summed E-state index contributed by atoms with van der Waals surface area (Å²) in [6.07, 6.45) is 4.27. The molecule has 1 aromatic heterocycles. The molecule has 2 heterocycles.